The largest absolute Gasteiger partial charge is 0.369 e. The summed E-state index contributed by atoms with van der Waals surface area (Å²) in [6, 6.07) is 16.7. The van der Waals surface area contributed by atoms with E-state index < -0.39 is 0 Å². The molecule has 1 aliphatic rings. The predicted molar refractivity (Wildman–Crippen MR) is 134 cm³/mol. The van der Waals surface area contributed by atoms with Gasteiger partial charge < -0.3 is 20.1 Å². The molecule has 0 bridgehead atoms. The first kappa shape index (κ1) is 22.4. The van der Waals surface area contributed by atoms with Gasteiger partial charge in [-0.25, -0.2) is 4.98 Å². The number of imidazole rings is 1. The maximum atomic E-state index is 6.14. The summed E-state index contributed by atoms with van der Waals surface area (Å²) in [7, 11) is 1.81. The third kappa shape index (κ3) is 5.46. The maximum absolute atomic E-state index is 6.14. The molecule has 0 radical (unpaired) electrons. The molecule has 158 valence electrons. The average molecular weight is 537 g/mol. The van der Waals surface area contributed by atoms with Crippen LogP contribution < -0.4 is 15.5 Å². The van der Waals surface area contributed by atoms with Crippen LogP contribution in [0.15, 0.2) is 72.2 Å². The number of hydrogen-bond acceptors (Lipinski definition) is 3. The van der Waals surface area contributed by atoms with Crippen molar-refractivity contribution < 1.29 is 0 Å². The monoisotopic (exact) mass is 536 g/mol. The number of hydrogen-bond donors (Lipinski definition) is 2. The smallest absolute Gasteiger partial charge is 0.191 e. The number of nitrogens with one attached hydrogen (secondary N) is 2. The summed E-state index contributed by atoms with van der Waals surface area (Å²) in [4.78, 5) is 10.9. The molecular weight excluding hydrogens is 511 g/mol. The van der Waals surface area contributed by atoms with E-state index in [-0.39, 0.29) is 24.0 Å². The van der Waals surface area contributed by atoms with E-state index in [0.29, 0.717) is 12.6 Å². The van der Waals surface area contributed by atoms with E-state index >= 15 is 0 Å². The molecule has 0 saturated carbocycles. The summed E-state index contributed by atoms with van der Waals surface area (Å²) in [5.74, 6) is 0.809. The van der Waals surface area contributed by atoms with Crippen LogP contribution in [0.4, 0.5) is 5.69 Å². The quantitative estimate of drug-likeness (QED) is 0.293. The molecule has 2 heterocycles. The standard InChI is InChI=1S/C22H25ClN6.HI/c1-24-22(26-14-17-5-2-3-8-21(17)29-12-10-25-16-29)27-19-9-11-28(15-19)20-7-4-6-18(23)13-20;/h2-8,10,12-13,16,19H,9,11,14-15H2,1H3,(H2,24,26,27);1H. The van der Waals surface area contributed by atoms with Crippen LogP contribution in [0.3, 0.4) is 0 Å². The van der Waals surface area contributed by atoms with Crippen molar-refractivity contribution in [3.8, 4) is 5.69 Å². The van der Waals surface area contributed by atoms with Gasteiger partial charge in [0.05, 0.1) is 12.0 Å². The van der Waals surface area contributed by atoms with E-state index in [1.54, 1.807) is 13.2 Å². The van der Waals surface area contributed by atoms with Gasteiger partial charge in [0.1, 0.15) is 0 Å². The Balaban J connectivity index is 0.00000256. The van der Waals surface area contributed by atoms with Crippen molar-refractivity contribution in [3.63, 3.8) is 0 Å². The van der Waals surface area contributed by atoms with E-state index in [9.17, 15) is 0 Å². The van der Waals surface area contributed by atoms with Crippen molar-refractivity contribution in [2.75, 3.05) is 25.0 Å². The second kappa shape index (κ2) is 10.7. The highest BCUT2D eigenvalue weighted by molar-refractivity contribution is 14.0. The lowest BCUT2D eigenvalue weighted by atomic mass is 10.1. The van der Waals surface area contributed by atoms with Gasteiger partial charge in [-0.2, -0.15) is 0 Å². The van der Waals surface area contributed by atoms with Crippen LogP contribution in [0.2, 0.25) is 5.02 Å². The summed E-state index contributed by atoms with van der Waals surface area (Å²) in [5.41, 5.74) is 3.46. The normalized spacial score (nSPS) is 16.3. The molecule has 1 atom stereocenters. The van der Waals surface area contributed by atoms with E-state index in [1.807, 2.05) is 47.4 Å². The SMILES string of the molecule is CN=C(NCc1ccccc1-n1ccnc1)NC1CCN(c2cccc(Cl)c2)C1.I. The molecule has 1 unspecified atom stereocenters. The predicted octanol–water partition coefficient (Wildman–Crippen LogP) is 4.09. The van der Waals surface area contributed by atoms with Crippen molar-refractivity contribution >= 4 is 47.2 Å². The molecule has 1 saturated heterocycles. The molecule has 8 heteroatoms. The number of aliphatic imine (C=N–C) groups is 1. The highest BCUT2D eigenvalue weighted by atomic mass is 127. The van der Waals surface area contributed by atoms with E-state index in [0.717, 1.165) is 36.2 Å². The minimum Gasteiger partial charge on any atom is -0.369 e. The Kier molecular flexibility index (Phi) is 7.98. The van der Waals surface area contributed by atoms with Gasteiger partial charge in [0.25, 0.3) is 0 Å². The van der Waals surface area contributed by atoms with Crippen LogP contribution in [-0.2, 0) is 6.54 Å². The Morgan fingerprint density at radius 3 is 2.87 bits per heavy atom. The second-order valence-electron chi connectivity index (χ2n) is 7.08. The summed E-state index contributed by atoms with van der Waals surface area (Å²) < 4.78 is 2.02. The van der Waals surface area contributed by atoms with Crippen molar-refractivity contribution in [2.24, 2.45) is 4.99 Å². The van der Waals surface area contributed by atoms with Crippen molar-refractivity contribution in [1.29, 1.82) is 0 Å². The fourth-order valence-corrected chi connectivity index (χ4v) is 3.85. The number of benzene rings is 2. The number of rotatable bonds is 5. The van der Waals surface area contributed by atoms with Crippen molar-refractivity contribution in [1.82, 2.24) is 20.2 Å². The number of halogens is 2. The van der Waals surface area contributed by atoms with Gasteiger partial charge in [0.15, 0.2) is 5.96 Å². The maximum Gasteiger partial charge on any atom is 0.191 e. The van der Waals surface area contributed by atoms with Crippen LogP contribution in [-0.4, -0.2) is 41.7 Å². The molecule has 1 aliphatic heterocycles. The molecule has 1 fully saturated rings. The molecule has 2 aromatic carbocycles. The molecule has 6 nitrogen and oxygen atoms in total. The molecule has 3 aromatic rings. The molecule has 1 aromatic heterocycles. The Morgan fingerprint density at radius 1 is 1.23 bits per heavy atom. The lowest BCUT2D eigenvalue weighted by Crippen LogP contribution is -2.44. The Morgan fingerprint density at radius 2 is 2.10 bits per heavy atom. The van der Waals surface area contributed by atoms with Crippen LogP contribution in [0.1, 0.15) is 12.0 Å². The molecule has 4 rings (SSSR count). The van der Waals surface area contributed by atoms with Gasteiger partial charge in [-0.05, 0) is 36.2 Å². The first-order chi connectivity index (χ1) is 14.2. The number of nitrogens with zero attached hydrogens (tertiary/aromatic N) is 4. The van der Waals surface area contributed by atoms with Crippen molar-refractivity contribution in [3.05, 3.63) is 77.8 Å². The van der Waals surface area contributed by atoms with Gasteiger partial charge in [-0.15, -0.1) is 24.0 Å². The lowest BCUT2D eigenvalue weighted by molar-refractivity contribution is 0.648. The highest BCUT2D eigenvalue weighted by Gasteiger charge is 2.23. The van der Waals surface area contributed by atoms with E-state index in [2.05, 4.69) is 43.7 Å². The van der Waals surface area contributed by atoms with Crippen LogP contribution in [0.25, 0.3) is 5.69 Å². The summed E-state index contributed by atoms with van der Waals surface area (Å²) in [5, 5.41) is 7.76. The first-order valence-electron chi connectivity index (χ1n) is 9.77. The summed E-state index contributed by atoms with van der Waals surface area (Å²) in [6.45, 7) is 2.60. The van der Waals surface area contributed by atoms with E-state index in [4.69, 9.17) is 11.6 Å². The summed E-state index contributed by atoms with van der Waals surface area (Å²) >= 11 is 6.14. The third-order valence-corrected chi connectivity index (χ3v) is 5.38. The van der Waals surface area contributed by atoms with Crippen LogP contribution in [0.5, 0.6) is 0 Å². The van der Waals surface area contributed by atoms with Gasteiger partial charge in [0, 0.05) is 55.8 Å². The van der Waals surface area contributed by atoms with Crippen molar-refractivity contribution in [2.45, 2.75) is 19.0 Å². The minimum atomic E-state index is 0. The molecule has 0 aliphatic carbocycles. The number of guanidine groups is 1. The van der Waals surface area contributed by atoms with Crippen LogP contribution in [0, 0.1) is 0 Å². The van der Waals surface area contributed by atoms with Crippen LogP contribution >= 0.6 is 35.6 Å². The number of aromatic nitrogens is 2. The number of anilines is 1. The Hall–Kier alpha value is -2.26. The van der Waals surface area contributed by atoms with Gasteiger partial charge >= 0.3 is 0 Å². The molecular formula is C22H26ClIN6. The third-order valence-electron chi connectivity index (χ3n) is 5.15. The van der Waals surface area contributed by atoms with E-state index in [1.165, 1.54) is 11.3 Å². The Labute approximate surface area is 199 Å². The first-order valence-corrected chi connectivity index (χ1v) is 10.1. The highest BCUT2D eigenvalue weighted by Crippen LogP contribution is 2.23. The molecule has 30 heavy (non-hydrogen) atoms. The molecule has 0 spiro atoms. The average Bonchev–Trinajstić information content (AvgIpc) is 3.43. The second-order valence-corrected chi connectivity index (χ2v) is 7.52. The van der Waals surface area contributed by atoms with Gasteiger partial charge in [-0.3, -0.25) is 4.99 Å². The Bertz CT molecular complexity index is 975. The fraction of sp³-hybridized carbons (Fsp3) is 0.273. The van der Waals surface area contributed by atoms with Gasteiger partial charge in [0.2, 0.25) is 0 Å². The zero-order chi connectivity index (χ0) is 20.1. The fourth-order valence-electron chi connectivity index (χ4n) is 3.67. The molecule has 0 amide bonds. The number of para-hydroxylation sites is 1. The molecule has 2 N–H and O–H groups in total. The topological polar surface area (TPSA) is 57.5 Å². The lowest BCUT2D eigenvalue weighted by Gasteiger charge is -2.21. The zero-order valence-electron chi connectivity index (χ0n) is 16.8. The minimum absolute atomic E-state index is 0. The van der Waals surface area contributed by atoms with Gasteiger partial charge in [-0.1, -0.05) is 35.9 Å². The zero-order valence-corrected chi connectivity index (χ0v) is 19.9. The summed E-state index contributed by atoms with van der Waals surface area (Å²) in [6.07, 6.45) is 6.61.